The van der Waals surface area contributed by atoms with Crippen molar-refractivity contribution in [1.82, 2.24) is 19.3 Å². The molecule has 9 nitrogen and oxygen atoms in total. The summed E-state index contributed by atoms with van der Waals surface area (Å²) in [5.41, 5.74) is 0.761. The van der Waals surface area contributed by atoms with Crippen LogP contribution in [0, 0.1) is 5.92 Å². The Bertz CT molecular complexity index is 935. The zero-order valence-electron chi connectivity index (χ0n) is 16.2. The molecule has 0 bridgehead atoms. The summed E-state index contributed by atoms with van der Waals surface area (Å²) in [6, 6.07) is 7.31. The predicted molar refractivity (Wildman–Crippen MR) is 102 cm³/mol. The van der Waals surface area contributed by atoms with Gasteiger partial charge in [0.15, 0.2) is 0 Å². The lowest BCUT2D eigenvalue weighted by molar-refractivity contribution is -0.136. The number of benzene rings is 1. The Kier molecular flexibility index (Phi) is 5.99. The minimum Gasteiger partial charge on any atom is -0.497 e. The predicted octanol–water partition coefficient (Wildman–Crippen LogP) is 1.38. The van der Waals surface area contributed by atoms with Crippen molar-refractivity contribution in [1.29, 1.82) is 0 Å². The Morgan fingerprint density at radius 2 is 2.07 bits per heavy atom. The first-order valence-electron chi connectivity index (χ1n) is 8.95. The monoisotopic (exact) mass is 408 g/mol. The minimum atomic E-state index is -3.21. The van der Waals surface area contributed by atoms with Crippen LogP contribution in [-0.4, -0.2) is 67.2 Å². The zero-order chi connectivity index (χ0) is 20.3. The third kappa shape index (κ3) is 4.68. The van der Waals surface area contributed by atoms with E-state index >= 15 is 0 Å². The van der Waals surface area contributed by atoms with E-state index < -0.39 is 10.0 Å². The molecule has 2 aromatic rings. The summed E-state index contributed by atoms with van der Waals surface area (Å²) in [5.74, 6) is 1.20. The standard InChI is InChI=1S/C18H24N4O5S/c1-21(18(23)13-7-9-22(10-8-13)28(3,24)25)12-16-19-17(20-27-16)14-5-4-6-15(11-14)26-2/h4-6,11,13H,7-10,12H2,1-3H3. The molecular formula is C18H24N4O5S. The van der Waals surface area contributed by atoms with Crippen LogP contribution in [0.1, 0.15) is 18.7 Å². The molecule has 152 valence electrons. The number of piperidine rings is 1. The molecule has 0 aliphatic carbocycles. The van der Waals surface area contributed by atoms with Crippen LogP contribution >= 0.6 is 0 Å². The van der Waals surface area contributed by atoms with E-state index in [2.05, 4.69) is 10.1 Å². The fourth-order valence-corrected chi connectivity index (χ4v) is 4.10. The van der Waals surface area contributed by atoms with Gasteiger partial charge in [-0.05, 0) is 25.0 Å². The average Bonchev–Trinajstić information content (AvgIpc) is 3.15. The van der Waals surface area contributed by atoms with Crippen molar-refractivity contribution in [3.63, 3.8) is 0 Å². The van der Waals surface area contributed by atoms with Crippen LogP contribution in [0.5, 0.6) is 5.75 Å². The SMILES string of the molecule is COc1cccc(-c2noc(CN(C)C(=O)C3CCN(S(C)(=O)=O)CC3)n2)c1. The van der Waals surface area contributed by atoms with Crippen LogP contribution in [0.2, 0.25) is 0 Å². The number of hydrogen-bond donors (Lipinski definition) is 0. The van der Waals surface area contributed by atoms with Crippen LogP contribution in [0.15, 0.2) is 28.8 Å². The Balaban J connectivity index is 1.60. The third-order valence-electron chi connectivity index (χ3n) is 4.82. The van der Waals surface area contributed by atoms with E-state index in [1.165, 1.54) is 10.6 Å². The highest BCUT2D eigenvalue weighted by molar-refractivity contribution is 7.88. The topological polar surface area (TPSA) is 106 Å². The molecule has 10 heteroatoms. The second-order valence-electron chi connectivity index (χ2n) is 6.87. The molecule has 0 atom stereocenters. The molecule has 1 aromatic heterocycles. The first-order valence-corrected chi connectivity index (χ1v) is 10.8. The molecule has 1 saturated heterocycles. The number of amides is 1. The number of rotatable bonds is 6. The minimum absolute atomic E-state index is 0.0470. The summed E-state index contributed by atoms with van der Waals surface area (Å²) in [7, 11) is 0.0600. The quantitative estimate of drug-likeness (QED) is 0.711. The Labute approximate surface area is 164 Å². The lowest BCUT2D eigenvalue weighted by Gasteiger charge is -2.31. The van der Waals surface area contributed by atoms with Crippen molar-refractivity contribution in [3.8, 4) is 17.1 Å². The molecule has 0 N–H and O–H groups in total. The van der Waals surface area contributed by atoms with Crippen molar-refractivity contribution in [2.75, 3.05) is 33.5 Å². The largest absolute Gasteiger partial charge is 0.497 e. The number of aromatic nitrogens is 2. The van der Waals surface area contributed by atoms with Gasteiger partial charge >= 0.3 is 0 Å². The summed E-state index contributed by atoms with van der Waals surface area (Å²) < 4.78 is 35.1. The molecule has 1 amide bonds. The molecule has 1 aliphatic heterocycles. The molecular weight excluding hydrogens is 384 g/mol. The van der Waals surface area contributed by atoms with E-state index in [9.17, 15) is 13.2 Å². The van der Waals surface area contributed by atoms with Gasteiger partial charge in [0.25, 0.3) is 0 Å². The molecule has 0 spiro atoms. The second-order valence-corrected chi connectivity index (χ2v) is 8.86. The van der Waals surface area contributed by atoms with E-state index in [0.717, 1.165) is 5.56 Å². The smallest absolute Gasteiger partial charge is 0.246 e. The van der Waals surface area contributed by atoms with Crippen molar-refractivity contribution < 1.29 is 22.5 Å². The average molecular weight is 408 g/mol. The summed E-state index contributed by atoms with van der Waals surface area (Å²) in [6.07, 6.45) is 2.21. The van der Waals surface area contributed by atoms with Gasteiger partial charge in [-0.3, -0.25) is 4.79 Å². The highest BCUT2D eigenvalue weighted by atomic mass is 32.2. The Morgan fingerprint density at radius 1 is 1.36 bits per heavy atom. The van der Waals surface area contributed by atoms with Crippen LogP contribution < -0.4 is 4.74 Å². The van der Waals surface area contributed by atoms with Crippen LogP contribution in [0.25, 0.3) is 11.4 Å². The van der Waals surface area contributed by atoms with E-state index in [1.54, 1.807) is 25.1 Å². The molecule has 0 unspecified atom stereocenters. The van der Waals surface area contributed by atoms with Crippen LogP contribution in [-0.2, 0) is 21.4 Å². The van der Waals surface area contributed by atoms with Gasteiger partial charge < -0.3 is 14.2 Å². The molecule has 28 heavy (non-hydrogen) atoms. The highest BCUT2D eigenvalue weighted by Gasteiger charge is 2.31. The molecule has 2 heterocycles. The zero-order valence-corrected chi connectivity index (χ0v) is 17.0. The van der Waals surface area contributed by atoms with E-state index in [-0.39, 0.29) is 18.4 Å². The number of sulfonamides is 1. The summed E-state index contributed by atoms with van der Waals surface area (Å²) in [6.45, 7) is 0.926. The third-order valence-corrected chi connectivity index (χ3v) is 6.12. The molecule has 0 saturated carbocycles. The van der Waals surface area contributed by atoms with E-state index in [0.29, 0.717) is 43.4 Å². The fraction of sp³-hybridized carbons (Fsp3) is 0.500. The number of hydrogen-bond acceptors (Lipinski definition) is 7. The maximum atomic E-state index is 12.7. The molecule has 0 radical (unpaired) electrons. The number of carbonyl (C=O) groups is 1. The first-order chi connectivity index (χ1) is 13.3. The van der Waals surface area contributed by atoms with Crippen molar-refractivity contribution in [2.24, 2.45) is 5.92 Å². The van der Waals surface area contributed by atoms with E-state index in [4.69, 9.17) is 9.26 Å². The van der Waals surface area contributed by atoms with Gasteiger partial charge in [-0.2, -0.15) is 4.98 Å². The highest BCUT2D eigenvalue weighted by Crippen LogP contribution is 2.23. The maximum Gasteiger partial charge on any atom is 0.246 e. The van der Waals surface area contributed by atoms with Crippen molar-refractivity contribution in [2.45, 2.75) is 19.4 Å². The van der Waals surface area contributed by atoms with Gasteiger partial charge in [-0.25, -0.2) is 12.7 Å². The first kappa shape index (κ1) is 20.3. The molecule has 1 aliphatic rings. The number of carbonyl (C=O) groups excluding carboxylic acids is 1. The summed E-state index contributed by atoms with van der Waals surface area (Å²) in [5, 5.41) is 3.97. The summed E-state index contributed by atoms with van der Waals surface area (Å²) in [4.78, 5) is 18.6. The normalized spacial score (nSPS) is 16.1. The fourth-order valence-electron chi connectivity index (χ4n) is 3.23. The van der Waals surface area contributed by atoms with Gasteiger partial charge in [0.1, 0.15) is 5.75 Å². The van der Waals surface area contributed by atoms with Gasteiger partial charge in [0.05, 0.1) is 19.9 Å². The van der Waals surface area contributed by atoms with Gasteiger partial charge in [0.2, 0.25) is 27.6 Å². The molecule has 1 fully saturated rings. The second kappa shape index (κ2) is 8.27. The van der Waals surface area contributed by atoms with E-state index in [1.807, 2.05) is 18.2 Å². The molecule has 3 rings (SSSR count). The molecule has 1 aromatic carbocycles. The lowest BCUT2D eigenvalue weighted by atomic mass is 9.97. The summed E-state index contributed by atoms with van der Waals surface area (Å²) >= 11 is 0. The number of methoxy groups -OCH3 is 1. The van der Waals surface area contributed by atoms with Crippen molar-refractivity contribution >= 4 is 15.9 Å². The lowest BCUT2D eigenvalue weighted by Crippen LogP contribution is -2.42. The van der Waals surface area contributed by atoms with Crippen LogP contribution in [0.3, 0.4) is 0 Å². The number of ether oxygens (including phenoxy) is 1. The van der Waals surface area contributed by atoms with Crippen molar-refractivity contribution in [3.05, 3.63) is 30.2 Å². The Hall–Kier alpha value is -2.46. The number of nitrogens with zero attached hydrogens (tertiary/aromatic N) is 4. The van der Waals surface area contributed by atoms with Crippen LogP contribution in [0.4, 0.5) is 0 Å². The Morgan fingerprint density at radius 3 is 2.71 bits per heavy atom. The maximum absolute atomic E-state index is 12.7. The van der Waals surface area contributed by atoms with Gasteiger partial charge in [0, 0.05) is 31.6 Å². The van der Waals surface area contributed by atoms with Gasteiger partial charge in [-0.15, -0.1) is 0 Å². The van der Waals surface area contributed by atoms with Gasteiger partial charge in [-0.1, -0.05) is 17.3 Å².